The van der Waals surface area contributed by atoms with Gasteiger partial charge in [0.15, 0.2) is 21.4 Å². The molecule has 0 saturated carbocycles. The molecule has 25 heavy (non-hydrogen) atoms. The number of hydrogen-bond donors (Lipinski definition) is 0. The minimum atomic E-state index is -4.83. The summed E-state index contributed by atoms with van der Waals surface area (Å²) in [5, 5.41) is 10.1. The minimum absolute atomic E-state index is 0.0855. The summed E-state index contributed by atoms with van der Waals surface area (Å²) in [6.45, 7) is 0. The van der Waals surface area contributed by atoms with Crippen LogP contribution >= 0.6 is 0 Å². The molecule has 0 aliphatic carbocycles. The fourth-order valence-electron chi connectivity index (χ4n) is 2.19. The Balaban J connectivity index is 1.92. The zero-order valence-corrected chi connectivity index (χ0v) is 13.4. The molecule has 0 aromatic carbocycles. The van der Waals surface area contributed by atoms with Gasteiger partial charge in [-0.1, -0.05) is 5.16 Å². The van der Waals surface area contributed by atoms with E-state index >= 15 is 0 Å². The lowest BCUT2D eigenvalue weighted by Gasteiger charge is -2.06. The molecule has 3 aromatic rings. The van der Waals surface area contributed by atoms with Gasteiger partial charge in [0.05, 0.1) is 5.75 Å². The maximum absolute atomic E-state index is 12.7. The van der Waals surface area contributed by atoms with Gasteiger partial charge in [0.1, 0.15) is 12.0 Å². The highest BCUT2D eigenvalue weighted by molar-refractivity contribution is 7.89. The molecule has 0 atom stereocenters. The van der Waals surface area contributed by atoms with Crippen molar-refractivity contribution in [3.63, 3.8) is 0 Å². The van der Waals surface area contributed by atoms with Crippen LogP contribution < -0.4 is 5.56 Å². The van der Waals surface area contributed by atoms with Gasteiger partial charge >= 0.3 is 6.18 Å². The number of sulfone groups is 1. The normalized spacial score (nSPS) is 12.8. The standard InChI is InChI=1S/C12H10F3N5O4S/c1-19-2-3-20-8(16-17-10(20)11(19)21)6-25(22,23)5-7-4-24-18-9(7)12(13,14)15/h2-4H,5-6H2,1H3. The Morgan fingerprint density at radius 1 is 1.20 bits per heavy atom. The van der Waals surface area contributed by atoms with Crippen molar-refractivity contribution in [2.45, 2.75) is 17.7 Å². The first-order chi connectivity index (χ1) is 11.6. The molecule has 134 valence electrons. The molecule has 0 unspecified atom stereocenters. The van der Waals surface area contributed by atoms with Crippen molar-refractivity contribution < 1.29 is 26.1 Å². The maximum atomic E-state index is 12.7. The predicted octanol–water partition coefficient (Wildman–Crippen LogP) is 0.550. The highest BCUT2D eigenvalue weighted by Crippen LogP contribution is 2.31. The van der Waals surface area contributed by atoms with E-state index in [0.29, 0.717) is 6.26 Å². The second kappa shape index (κ2) is 5.68. The van der Waals surface area contributed by atoms with Gasteiger partial charge in [-0.25, -0.2) is 8.42 Å². The third-order valence-corrected chi connectivity index (χ3v) is 4.80. The van der Waals surface area contributed by atoms with Crippen LogP contribution in [0.3, 0.4) is 0 Å². The van der Waals surface area contributed by atoms with Crippen LogP contribution in [-0.4, -0.2) is 32.7 Å². The van der Waals surface area contributed by atoms with Gasteiger partial charge in [-0.3, -0.25) is 9.20 Å². The van der Waals surface area contributed by atoms with E-state index in [1.165, 1.54) is 28.4 Å². The van der Waals surface area contributed by atoms with Gasteiger partial charge in [-0.2, -0.15) is 13.2 Å². The number of rotatable bonds is 4. The third-order valence-electron chi connectivity index (χ3n) is 3.35. The molecule has 3 aromatic heterocycles. The fourth-order valence-corrected chi connectivity index (χ4v) is 3.57. The van der Waals surface area contributed by atoms with Gasteiger partial charge in [-0.15, -0.1) is 10.2 Å². The van der Waals surface area contributed by atoms with Crippen molar-refractivity contribution in [2.24, 2.45) is 7.05 Å². The van der Waals surface area contributed by atoms with Crippen molar-refractivity contribution in [3.05, 3.63) is 46.1 Å². The van der Waals surface area contributed by atoms with Crippen LogP contribution in [0.25, 0.3) is 5.65 Å². The molecule has 0 fully saturated rings. The van der Waals surface area contributed by atoms with E-state index in [2.05, 4.69) is 19.9 Å². The fraction of sp³-hybridized carbons (Fsp3) is 0.333. The number of hydrogen-bond acceptors (Lipinski definition) is 7. The van der Waals surface area contributed by atoms with E-state index in [1.54, 1.807) is 0 Å². The Labute approximate surface area is 137 Å². The summed E-state index contributed by atoms with van der Waals surface area (Å²) < 4.78 is 69.4. The minimum Gasteiger partial charge on any atom is -0.364 e. The molecule has 0 amide bonds. The van der Waals surface area contributed by atoms with Crippen LogP contribution in [0.2, 0.25) is 0 Å². The monoisotopic (exact) mass is 377 g/mol. The molecule has 9 nitrogen and oxygen atoms in total. The molecule has 13 heteroatoms. The molecule has 0 bridgehead atoms. The smallest absolute Gasteiger partial charge is 0.364 e. The Hall–Kier alpha value is -2.70. The number of alkyl halides is 3. The Kier molecular flexibility index (Phi) is 3.89. The van der Waals surface area contributed by atoms with E-state index in [-0.39, 0.29) is 11.5 Å². The molecule has 0 spiro atoms. The van der Waals surface area contributed by atoms with Crippen molar-refractivity contribution in [1.82, 2.24) is 24.3 Å². The van der Waals surface area contributed by atoms with Crippen molar-refractivity contribution in [1.29, 1.82) is 0 Å². The quantitative estimate of drug-likeness (QED) is 0.652. The van der Waals surface area contributed by atoms with Gasteiger partial charge in [0.2, 0.25) is 5.65 Å². The summed E-state index contributed by atoms with van der Waals surface area (Å²) in [7, 11) is -2.57. The molecule has 0 aliphatic heterocycles. The molecule has 0 aliphatic rings. The molecular weight excluding hydrogens is 367 g/mol. The van der Waals surface area contributed by atoms with Crippen molar-refractivity contribution >= 4 is 15.5 Å². The first-order valence-electron chi connectivity index (χ1n) is 6.68. The van der Waals surface area contributed by atoms with Crippen LogP contribution in [0, 0.1) is 0 Å². The third kappa shape index (κ3) is 3.26. The topological polar surface area (TPSA) is 112 Å². The SMILES string of the molecule is Cn1ccn2c(CS(=O)(=O)Cc3conc3C(F)(F)F)nnc2c1=O. The van der Waals surface area contributed by atoms with E-state index in [9.17, 15) is 26.4 Å². The summed E-state index contributed by atoms with van der Waals surface area (Å²) in [4.78, 5) is 11.9. The number of aromatic nitrogens is 5. The summed E-state index contributed by atoms with van der Waals surface area (Å²) in [6.07, 6.45) is -1.41. The maximum Gasteiger partial charge on any atom is 0.437 e. The summed E-state index contributed by atoms with van der Waals surface area (Å²) in [5.74, 6) is -1.73. The number of nitrogens with zero attached hydrogens (tertiary/aromatic N) is 5. The van der Waals surface area contributed by atoms with E-state index in [0.717, 1.165) is 0 Å². The van der Waals surface area contributed by atoms with E-state index in [4.69, 9.17) is 0 Å². The van der Waals surface area contributed by atoms with Gasteiger partial charge < -0.3 is 9.09 Å². The second-order valence-electron chi connectivity index (χ2n) is 5.24. The lowest BCUT2D eigenvalue weighted by atomic mass is 10.3. The van der Waals surface area contributed by atoms with Crippen LogP contribution in [0.1, 0.15) is 17.1 Å². The van der Waals surface area contributed by atoms with E-state index < -0.39 is 44.3 Å². The van der Waals surface area contributed by atoms with Gasteiger partial charge in [0, 0.05) is 25.0 Å². The molecule has 3 heterocycles. The second-order valence-corrected chi connectivity index (χ2v) is 7.31. The first kappa shape index (κ1) is 17.1. The highest BCUT2D eigenvalue weighted by atomic mass is 32.2. The van der Waals surface area contributed by atoms with Crippen molar-refractivity contribution in [3.8, 4) is 0 Å². The van der Waals surface area contributed by atoms with Gasteiger partial charge in [-0.05, 0) is 0 Å². The number of aryl methyl sites for hydroxylation is 1. The average Bonchev–Trinajstić information content (AvgIpc) is 3.09. The van der Waals surface area contributed by atoms with Crippen LogP contribution in [0.4, 0.5) is 13.2 Å². The van der Waals surface area contributed by atoms with Crippen LogP contribution in [0.5, 0.6) is 0 Å². The predicted molar refractivity (Wildman–Crippen MR) is 76.1 cm³/mol. The largest absolute Gasteiger partial charge is 0.437 e. The molecule has 0 saturated heterocycles. The van der Waals surface area contributed by atoms with Crippen LogP contribution in [-0.2, 0) is 34.6 Å². The first-order valence-corrected chi connectivity index (χ1v) is 8.51. The number of fused-ring (bicyclic) bond motifs is 1. The zero-order valence-electron chi connectivity index (χ0n) is 12.6. The van der Waals surface area contributed by atoms with Gasteiger partial charge in [0.25, 0.3) is 5.56 Å². The summed E-state index contributed by atoms with van der Waals surface area (Å²) >= 11 is 0. The van der Waals surface area contributed by atoms with Crippen LogP contribution in [0.15, 0.2) is 28.0 Å². The molecule has 0 N–H and O–H groups in total. The lowest BCUT2D eigenvalue weighted by molar-refractivity contribution is -0.143. The van der Waals surface area contributed by atoms with Crippen molar-refractivity contribution in [2.75, 3.05) is 0 Å². The Morgan fingerprint density at radius 2 is 1.92 bits per heavy atom. The average molecular weight is 377 g/mol. The summed E-state index contributed by atoms with van der Waals surface area (Å²) in [6, 6.07) is 0. The molecule has 0 radical (unpaired) electrons. The lowest BCUT2D eigenvalue weighted by Crippen LogP contribution is -2.19. The molecular formula is C12H10F3N5O4S. The molecule has 3 rings (SSSR count). The Bertz CT molecular complexity index is 1100. The van der Waals surface area contributed by atoms with E-state index in [1.807, 2.05) is 0 Å². The highest BCUT2D eigenvalue weighted by Gasteiger charge is 2.38. The number of halogens is 3. The zero-order chi connectivity index (χ0) is 18.4. The Morgan fingerprint density at radius 3 is 2.60 bits per heavy atom. The summed E-state index contributed by atoms with van der Waals surface area (Å²) in [5.41, 5.74) is -2.57.